The molecule has 0 N–H and O–H groups in total. The molecule has 1 aliphatic rings. The number of benzene rings is 1. The number of hydrogen-bond acceptors (Lipinski definition) is 0. The Labute approximate surface area is 112 Å². The van der Waals surface area contributed by atoms with Crippen molar-refractivity contribution < 1.29 is 0 Å². The Bertz CT molecular complexity index is 387. The van der Waals surface area contributed by atoms with Gasteiger partial charge in [0.1, 0.15) is 0 Å². The van der Waals surface area contributed by atoms with Crippen molar-refractivity contribution in [2.24, 2.45) is 5.92 Å². The molecule has 0 spiro atoms. The zero-order chi connectivity index (χ0) is 13.0. The molecule has 2 atom stereocenters. The summed E-state index contributed by atoms with van der Waals surface area (Å²) >= 11 is 0. The van der Waals surface area contributed by atoms with Gasteiger partial charge in [0.15, 0.2) is 0 Å². The summed E-state index contributed by atoms with van der Waals surface area (Å²) in [5.41, 5.74) is 3.44. The van der Waals surface area contributed by atoms with Crippen LogP contribution in [-0.2, 0) is 11.8 Å². The highest BCUT2D eigenvalue weighted by Crippen LogP contribution is 2.47. The highest BCUT2D eigenvalue weighted by atomic mass is 14.4. The van der Waals surface area contributed by atoms with Gasteiger partial charge in [-0.05, 0) is 54.6 Å². The quantitative estimate of drug-likeness (QED) is 0.617. The smallest absolute Gasteiger partial charge is 0.00413 e. The number of hydrogen-bond donors (Lipinski definition) is 0. The van der Waals surface area contributed by atoms with Gasteiger partial charge in [-0.25, -0.2) is 0 Å². The summed E-state index contributed by atoms with van der Waals surface area (Å²) in [6.45, 7) is 8.52. The molecule has 0 aliphatic heterocycles. The number of allylic oxidation sites excluding steroid dienone is 1. The lowest BCUT2D eigenvalue weighted by atomic mass is 9.74. The largest absolute Gasteiger partial charge is 0.103 e. The molecule has 0 radical (unpaired) electrons. The average Bonchev–Trinajstić information content (AvgIpc) is 2.84. The molecule has 0 heterocycles. The van der Waals surface area contributed by atoms with E-state index >= 15 is 0 Å². The van der Waals surface area contributed by atoms with Gasteiger partial charge in [-0.15, -0.1) is 6.58 Å². The lowest BCUT2D eigenvalue weighted by molar-refractivity contribution is 0.392. The Morgan fingerprint density at radius 2 is 2.00 bits per heavy atom. The molecular weight excluding hydrogens is 216 g/mol. The Morgan fingerprint density at radius 1 is 1.28 bits per heavy atom. The monoisotopic (exact) mass is 242 g/mol. The van der Waals surface area contributed by atoms with Gasteiger partial charge >= 0.3 is 0 Å². The minimum Gasteiger partial charge on any atom is -0.103 e. The SMILES string of the molecule is C=CC1CCC(CCC)(c2ccc(CC)cc2)C1. The van der Waals surface area contributed by atoms with Gasteiger partial charge in [0.05, 0.1) is 0 Å². The van der Waals surface area contributed by atoms with E-state index in [-0.39, 0.29) is 0 Å². The van der Waals surface area contributed by atoms with E-state index in [1.165, 1.54) is 37.7 Å². The van der Waals surface area contributed by atoms with Crippen molar-refractivity contribution in [1.82, 2.24) is 0 Å². The highest BCUT2D eigenvalue weighted by Gasteiger charge is 2.38. The van der Waals surface area contributed by atoms with E-state index in [1.54, 1.807) is 5.56 Å². The Hall–Kier alpha value is -1.04. The predicted molar refractivity (Wildman–Crippen MR) is 79.9 cm³/mol. The van der Waals surface area contributed by atoms with Crippen molar-refractivity contribution in [2.45, 2.75) is 57.8 Å². The zero-order valence-corrected chi connectivity index (χ0v) is 11.9. The van der Waals surface area contributed by atoms with Crippen molar-refractivity contribution in [3.8, 4) is 0 Å². The second-order valence-corrected chi connectivity index (χ2v) is 5.82. The highest BCUT2D eigenvalue weighted by molar-refractivity contribution is 5.31. The summed E-state index contributed by atoms with van der Waals surface area (Å²) in [6.07, 6.45) is 9.86. The van der Waals surface area contributed by atoms with Crippen molar-refractivity contribution in [3.63, 3.8) is 0 Å². The molecule has 1 aliphatic carbocycles. The molecular formula is C18H26. The van der Waals surface area contributed by atoms with Crippen LogP contribution in [0.3, 0.4) is 0 Å². The van der Waals surface area contributed by atoms with Gasteiger partial charge in [-0.2, -0.15) is 0 Å². The van der Waals surface area contributed by atoms with E-state index in [0.29, 0.717) is 5.41 Å². The second-order valence-electron chi connectivity index (χ2n) is 5.82. The third-order valence-electron chi connectivity index (χ3n) is 4.68. The van der Waals surface area contributed by atoms with Crippen LogP contribution in [0.4, 0.5) is 0 Å². The maximum absolute atomic E-state index is 3.99. The van der Waals surface area contributed by atoms with Crippen LogP contribution in [0.2, 0.25) is 0 Å². The van der Waals surface area contributed by atoms with Gasteiger partial charge in [0, 0.05) is 0 Å². The third-order valence-corrected chi connectivity index (χ3v) is 4.68. The van der Waals surface area contributed by atoms with Gasteiger partial charge in [-0.3, -0.25) is 0 Å². The molecule has 1 fully saturated rings. The first-order valence-electron chi connectivity index (χ1n) is 7.46. The van der Waals surface area contributed by atoms with Gasteiger partial charge in [0.25, 0.3) is 0 Å². The van der Waals surface area contributed by atoms with Gasteiger partial charge in [-0.1, -0.05) is 50.6 Å². The lowest BCUT2D eigenvalue weighted by Crippen LogP contribution is -2.22. The van der Waals surface area contributed by atoms with Crippen LogP contribution in [0.15, 0.2) is 36.9 Å². The van der Waals surface area contributed by atoms with E-state index < -0.39 is 0 Å². The molecule has 0 bridgehead atoms. The first-order chi connectivity index (χ1) is 8.74. The Balaban J connectivity index is 2.26. The maximum atomic E-state index is 3.99. The van der Waals surface area contributed by atoms with Crippen LogP contribution in [0.25, 0.3) is 0 Å². The number of aryl methyl sites for hydroxylation is 1. The molecule has 0 saturated heterocycles. The first kappa shape index (κ1) is 13.4. The van der Waals surface area contributed by atoms with Crippen LogP contribution >= 0.6 is 0 Å². The molecule has 98 valence electrons. The molecule has 0 nitrogen and oxygen atoms in total. The molecule has 0 amide bonds. The number of rotatable bonds is 5. The first-order valence-corrected chi connectivity index (χ1v) is 7.46. The minimum atomic E-state index is 0.430. The summed E-state index contributed by atoms with van der Waals surface area (Å²) in [6, 6.07) is 9.38. The second kappa shape index (κ2) is 5.73. The zero-order valence-electron chi connectivity index (χ0n) is 11.9. The summed E-state index contributed by atoms with van der Waals surface area (Å²) in [7, 11) is 0. The molecule has 2 rings (SSSR count). The molecule has 1 aromatic rings. The van der Waals surface area contributed by atoms with Crippen LogP contribution in [0.5, 0.6) is 0 Å². The van der Waals surface area contributed by atoms with Crippen LogP contribution in [0, 0.1) is 5.92 Å². The normalized spacial score (nSPS) is 27.3. The van der Waals surface area contributed by atoms with Gasteiger partial charge < -0.3 is 0 Å². The fourth-order valence-corrected chi connectivity index (χ4v) is 3.58. The topological polar surface area (TPSA) is 0 Å². The summed E-state index contributed by atoms with van der Waals surface area (Å²) in [5.74, 6) is 0.724. The summed E-state index contributed by atoms with van der Waals surface area (Å²) in [5, 5.41) is 0. The fraction of sp³-hybridized carbons (Fsp3) is 0.556. The van der Waals surface area contributed by atoms with Crippen LogP contribution in [0.1, 0.15) is 57.1 Å². The summed E-state index contributed by atoms with van der Waals surface area (Å²) in [4.78, 5) is 0. The van der Waals surface area contributed by atoms with E-state index in [1.807, 2.05) is 0 Å². The predicted octanol–water partition coefficient (Wildman–Crippen LogP) is 5.27. The minimum absolute atomic E-state index is 0.430. The Morgan fingerprint density at radius 3 is 2.50 bits per heavy atom. The van der Waals surface area contributed by atoms with Crippen molar-refractivity contribution in [2.75, 3.05) is 0 Å². The molecule has 1 aromatic carbocycles. The molecule has 0 aromatic heterocycles. The van der Waals surface area contributed by atoms with Crippen molar-refractivity contribution in [1.29, 1.82) is 0 Å². The average molecular weight is 242 g/mol. The fourth-order valence-electron chi connectivity index (χ4n) is 3.58. The van der Waals surface area contributed by atoms with E-state index in [0.717, 1.165) is 12.3 Å². The van der Waals surface area contributed by atoms with Crippen molar-refractivity contribution in [3.05, 3.63) is 48.0 Å². The molecule has 0 heteroatoms. The third kappa shape index (κ3) is 2.53. The lowest BCUT2D eigenvalue weighted by Gasteiger charge is -2.30. The van der Waals surface area contributed by atoms with E-state index in [4.69, 9.17) is 0 Å². The Kier molecular flexibility index (Phi) is 4.27. The molecule has 18 heavy (non-hydrogen) atoms. The van der Waals surface area contributed by atoms with E-state index in [9.17, 15) is 0 Å². The van der Waals surface area contributed by atoms with Crippen LogP contribution in [-0.4, -0.2) is 0 Å². The van der Waals surface area contributed by atoms with Crippen LogP contribution < -0.4 is 0 Å². The van der Waals surface area contributed by atoms with Crippen molar-refractivity contribution >= 4 is 0 Å². The van der Waals surface area contributed by atoms with E-state index in [2.05, 4.69) is 50.8 Å². The molecule has 1 saturated carbocycles. The van der Waals surface area contributed by atoms with Gasteiger partial charge in [0.2, 0.25) is 0 Å². The summed E-state index contributed by atoms with van der Waals surface area (Å²) < 4.78 is 0. The maximum Gasteiger partial charge on any atom is -0.00413 e. The molecule has 2 unspecified atom stereocenters. The standard InChI is InChI=1S/C18H26/c1-4-12-18(13-11-16(6-3)14-18)17-9-7-15(5-2)8-10-17/h6-10,16H,3-5,11-14H2,1-2H3.